The van der Waals surface area contributed by atoms with E-state index in [1.165, 1.54) is 19.4 Å². The first-order chi connectivity index (χ1) is 9.22. The summed E-state index contributed by atoms with van der Waals surface area (Å²) in [7, 11) is 3.85. The molecule has 2 rings (SSSR count). The van der Waals surface area contributed by atoms with Crippen LogP contribution in [-0.4, -0.2) is 44.8 Å². The van der Waals surface area contributed by atoms with E-state index in [-0.39, 0.29) is 0 Å². The molecule has 106 valence electrons. The molecule has 1 saturated heterocycles. The van der Waals surface area contributed by atoms with Crippen LogP contribution in [0.15, 0.2) is 18.2 Å². The summed E-state index contributed by atoms with van der Waals surface area (Å²) in [5.74, 6) is 1.59. The number of benzene rings is 1. The Morgan fingerprint density at radius 1 is 1.37 bits per heavy atom. The van der Waals surface area contributed by atoms with Gasteiger partial charge in [0.15, 0.2) is 11.5 Å². The van der Waals surface area contributed by atoms with Crippen molar-refractivity contribution in [2.24, 2.45) is 0 Å². The van der Waals surface area contributed by atoms with Crippen LogP contribution in [0, 0.1) is 0 Å². The molecular weight excluding hydrogens is 240 g/mol. The Morgan fingerprint density at radius 3 is 2.89 bits per heavy atom. The van der Waals surface area contributed by atoms with Crippen LogP contribution in [0.25, 0.3) is 0 Å². The highest BCUT2D eigenvalue weighted by atomic mass is 16.5. The largest absolute Gasteiger partial charge is 0.493 e. The van der Waals surface area contributed by atoms with Crippen LogP contribution in [0.4, 0.5) is 5.69 Å². The number of nitrogens with one attached hydrogen (secondary N) is 1. The predicted molar refractivity (Wildman–Crippen MR) is 78.3 cm³/mol. The van der Waals surface area contributed by atoms with Crippen molar-refractivity contribution in [3.63, 3.8) is 0 Å². The molecule has 0 amide bonds. The van der Waals surface area contributed by atoms with Crippen molar-refractivity contribution in [2.75, 3.05) is 39.2 Å². The van der Waals surface area contributed by atoms with Gasteiger partial charge in [0.05, 0.1) is 13.7 Å². The molecule has 1 aromatic rings. The lowest BCUT2D eigenvalue weighted by Gasteiger charge is -2.31. The van der Waals surface area contributed by atoms with Gasteiger partial charge in [-0.15, -0.1) is 0 Å². The smallest absolute Gasteiger partial charge is 0.162 e. The molecule has 0 radical (unpaired) electrons. The van der Waals surface area contributed by atoms with E-state index in [0.29, 0.717) is 12.6 Å². The maximum absolute atomic E-state index is 5.53. The molecule has 4 nitrogen and oxygen atoms in total. The fraction of sp³-hybridized carbons (Fsp3) is 0.600. The van der Waals surface area contributed by atoms with Gasteiger partial charge in [-0.3, -0.25) is 0 Å². The minimum absolute atomic E-state index is 0.515. The first kappa shape index (κ1) is 14.0. The molecule has 4 heteroatoms. The van der Waals surface area contributed by atoms with Gasteiger partial charge in [-0.05, 0) is 45.5 Å². The Balaban J connectivity index is 2.04. The number of rotatable bonds is 5. The van der Waals surface area contributed by atoms with Crippen molar-refractivity contribution in [1.29, 1.82) is 0 Å². The molecule has 1 heterocycles. The van der Waals surface area contributed by atoms with E-state index in [2.05, 4.69) is 23.3 Å². The summed E-state index contributed by atoms with van der Waals surface area (Å²) in [4.78, 5) is 2.37. The summed E-state index contributed by atoms with van der Waals surface area (Å²) >= 11 is 0. The third kappa shape index (κ3) is 3.77. The van der Waals surface area contributed by atoms with Gasteiger partial charge in [0.2, 0.25) is 0 Å². The minimum atomic E-state index is 0.515. The lowest BCUT2D eigenvalue weighted by atomic mass is 10.1. The van der Waals surface area contributed by atoms with E-state index in [1.807, 2.05) is 19.1 Å². The maximum Gasteiger partial charge on any atom is 0.162 e. The summed E-state index contributed by atoms with van der Waals surface area (Å²) in [6.45, 7) is 4.92. The Morgan fingerprint density at radius 2 is 2.21 bits per heavy atom. The van der Waals surface area contributed by atoms with Gasteiger partial charge in [0.25, 0.3) is 0 Å². The summed E-state index contributed by atoms with van der Waals surface area (Å²) in [6.07, 6.45) is 2.47. The number of piperidine rings is 1. The normalized spacial score (nSPS) is 20.1. The number of likely N-dealkylation sites (tertiary alicyclic amines) is 1. The first-order valence-electron chi connectivity index (χ1n) is 6.99. The second-order valence-electron chi connectivity index (χ2n) is 5.04. The van der Waals surface area contributed by atoms with Crippen molar-refractivity contribution in [1.82, 2.24) is 4.90 Å². The third-order valence-corrected chi connectivity index (χ3v) is 3.46. The standard InChI is InChI=1S/C15H24N2O2/c1-4-19-14-8-7-12(10-15(14)18-3)16-13-6-5-9-17(2)11-13/h7-8,10,13,16H,4-6,9,11H2,1-3H3. The van der Waals surface area contributed by atoms with Crippen LogP contribution >= 0.6 is 0 Å². The van der Waals surface area contributed by atoms with Gasteiger partial charge in [-0.25, -0.2) is 0 Å². The molecule has 1 aromatic carbocycles. The zero-order valence-corrected chi connectivity index (χ0v) is 12.1. The van der Waals surface area contributed by atoms with Crippen LogP contribution in [0.3, 0.4) is 0 Å². The quantitative estimate of drug-likeness (QED) is 0.886. The highest BCUT2D eigenvalue weighted by Crippen LogP contribution is 2.30. The Bertz CT molecular complexity index is 409. The second-order valence-corrected chi connectivity index (χ2v) is 5.04. The number of nitrogens with zero attached hydrogens (tertiary/aromatic N) is 1. The van der Waals surface area contributed by atoms with Gasteiger partial charge < -0.3 is 19.7 Å². The van der Waals surface area contributed by atoms with Crippen molar-refractivity contribution >= 4 is 5.69 Å². The van der Waals surface area contributed by atoms with Crippen LogP contribution in [-0.2, 0) is 0 Å². The molecule has 0 bridgehead atoms. The number of likely N-dealkylation sites (N-methyl/N-ethyl adjacent to an activating group) is 1. The SMILES string of the molecule is CCOc1ccc(NC2CCCN(C)C2)cc1OC. The van der Waals surface area contributed by atoms with Crippen molar-refractivity contribution < 1.29 is 9.47 Å². The molecule has 0 aliphatic carbocycles. The fourth-order valence-corrected chi connectivity index (χ4v) is 2.55. The molecule has 1 aliphatic heterocycles. The van der Waals surface area contributed by atoms with E-state index in [0.717, 1.165) is 23.7 Å². The van der Waals surface area contributed by atoms with Crippen molar-refractivity contribution in [3.05, 3.63) is 18.2 Å². The van der Waals surface area contributed by atoms with Gasteiger partial charge >= 0.3 is 0 Å². The predicted octanol–water partition coefficient (Wildman–Crippen LogP) is 2.60. The van der Waals surface area contributed by atoms with Gasteiger partial charge in [-0.1, -0.05) is 0 Å². The van der Waals surface area contributed by atoms with Crippen molar-refractivity contribution in [2.45, 2.75) is 25.8 Å². The summed E-state index contributed by atoms with van der Waals surface area (Å²) < 4.78 is 10.9. The fourth-order valence-electron chi connectivity index (χ4n) is 2.55. The molecule has 19 heavy (non-hydrogen) atoms. The maximum atomic E-state index is 5.53. The summed E-state index contributed by atoms with van der Waals surface area (Å²) in [6, 6.07) is 6.56. The molecule has 1 atom stereocenters. The monoisotopic (exact) mass is 264 g/mol. The average Bonchev–Trinajstić information content (AvgIpc) is 2.41. The number of anilines is 1. The first-order valence-corrected chi connectivity index (χ1v) is 6.99. The molecule has 1 N–H and O–H groups in total. The van der Waals surface area contributed by atoms with E-state index in [1.54, 1.807) is 7.11 Å². The number of hydrogen-bond acceptors (Lipinski definition) is 4. The van der Waals surface area contributed by atoms with E-state index >= 15 is 0 Å². The average molecular weight is 264 g/mol. The summed E-state index contributed by atoms with van der Waals surface area (Å²) in [5, 5.41) is 3.58. The van der Waals surface area contributed by atoms with Gasteiger partial charge in [0, 0.05) is 24.3 Å². The van der Waals surface area contributed by atoms with Crippen LogP contribution in [0.1, 0.15) is 19.8 Å². The molecule has 1 aliphatic rings. The molecule has 0 aromatic heterocycles. The lowest BCUT2D eigenvalue weighted by molar-refractivity contribution is 0.261. The number of methoxy groups -OCH3 is 1. The summed E-state index contributed by atoms with van der Waals surface area (Å²) in [5.41, 5.74) is 1.10. The van der Waals surface area contributed by atoms with Gasteiger partial charge in [0.1, 0.15) is 0 Å². The lowest BCUT2D eigenvalue weighted by Crippen LogP contribution is -2.39. The highest BCUT2D eigenvalue weighted by Gasteiger charge is 2.17. The molecule has 0 spiro atoms. The second kappa shape index (κ2) is 6.66. The molecule has 0 saturated carbocycles. The zero-order valence-electron chi connectivity index (χ0n) is 12.1. The molecular formula is C15H24N2O2. The van der Waals surface area contributed by atoms with Crippen LogP contribution in [0.5, 0.6) is 11.5 Å². The molecule has 1 fully saturated rings. The topological polar surface area (TPSA) is 33.7 Å². The van der Waals surface area contributed by atoms with E-state index in [9.17, 15) is 0 Å². The number of ether oxygens (including phenoxy) is 2. The zero-order chi connectivity index (χ0) is 13.7. The number of hydrogen-bond donors (Lipinski definition) is 1. The Kier molecular flexibility index (Phi) is 4.91. The van der Waals surface area contributed by atoms with Crippen LogP contribution < -0.4 is 14.8 Å². The van der Waals surface area contributed by atoms with E-state index in [4.69, 9.17) is 9.47 Å². The van der Waals surface area contributed by atoms with Crippen LogP contribution in [0.2, 0.25) is 0 Å². The van der Waals surface area contributed by atoms with E-state index < -0.39 is 0 Å². The minimum Gasteiger partial charge on any atom is -0.493 e. The van der Waals surface area contributed by atoms with Gasteiger partial charge in [-0.2, -0.15) is 0 Å². The Hall–Kier alpha value is -1.42. The Labute approximate surface area is 115 Å². The third-order valence-electron chi connectivity index (χ3n) is 3.46. The highest BCUT2D eigenvalue weighted by molar-refractivity contribution is 5.55. The molecule has 1 unspecified atom stereocenters. The van der Waals surface area contributed by atoms with Crippen molar-refractivity contribution in [3.8, 4) is 11.5 Å².